The van der Waals surface area contributed by atoms with Gasteiger partial charge in [0.2, 0.25) is 5.96 Å². The number of guanidine groups is 1. The molecule has 1 aliphatic heterocycles. The number of hydrogen-bond acceptors (Lipinski definition) is 5. The highest BCUT2D eigenvalue weighted by molar-refractivity contribution is 6.05. The molecule has 0 aromatic heterocycles. The highest BCUT2D eigenvalue weighted by atomic mass is 16.5. The van der Waals surface area contributed by atoms with E-state index in [1.165, 1.54) is 7.11 Å². The van der Waals surface area contributed by atoms with Crippen LogP contribution in [0.1, 0.15) is 11.6 Å². The molecule has 1 heterocycles. The van der Waals surface area contributed by atoms with Crippen LogP contribution in [0.2, 0.25) is 0 Å². The minimum absolute atomic E-state index is 0.00883. The van der Waals surface area contributed by atoms with Gasteiger partial charge in [0.15, 0.2) is 0 Å². The fraction of sp³-hybridized carbons (Fsp3) is 0.222. The zero-order valence-corrected chi connectivity index (χ0v) is 13.6. The minimum atomic E-state index is -0.537. The summed E-state index contributed by atoms with van der Waals surface area (Å²) in [4.78, 5) is 18.1. The Morgan fingerprint density at radius 2 is 1.83 bits per heavy atom. The number of carbonyl (C=O) groups is 1. The summed E-state index contributed by atoms with van der Waals surface area (Å²) in [5, 5.41) is 2.69. The van der Waals surface area contributed by atoms with Gasteiger partial charge in [-0.05, 0) is 29.8 Å². The molecule has 2 aromatic carbocycles. The molecule has 0 fully saturated rings. The van der Waals surface area contributed by atoms with Crippen LogP contribution in [0.3, 0.4) is 0 Å². The van der Waals surface area contributed by atoms with Gasteiger partial charge in [0.1, 0.15) is 5.75 Å². The van der Waals surface area contributed by atoms with Crippen molar-refractivity contribution in [3.63, 3.8) is 0 Å². The summed E-state index contributed by atoms with van der Waals surface area (Å²) in [5.41, 5.74) is 2.04. The number of anilines is 1. The zero-order chi connectivity index (χ0) is 16.9. The Labute approximate surface area is 140 Å². The zero-order valence-electron chi connectivity index (χ0n) is 13.6. The van der Waals surface area contributed by atoms with Crippen LogP contribution in [0.25, 0.3) is 0 Å². The maximum Gasteiger partial charge on any atom is 0.413 e. The molecule has 1 unspecified atom stereocenters. The number of aliphatic imine (C=N–C) groups is 1. The van der Waals surface area contributed by atoms with Gasteiger partial charge in [-0.2, -0.15) is 0 Å². The van der Waals surface area contributed by atoms with Crippen LogP contribution >= 0.6 is 0 Å². The third-order valence-electron chi connectivity index (χ3n) is 3.89. The lowest BCUT2D eigenvalue weighted by molar-refractivity contribution is 0.176. The predicted octanol–water partition coefficient (Wildman–Crippen LogP) is 2.97. The molecule has 3 rings (SSSR count). The van der Waals surface area contributed by atoms with Crippen LogP contribution in [-0.2, 0) is 4.74 Å². The summed E-state index contributed by atoms with van der Waals surface area (Å²) in [6.07, 6.45) is -0.537. The van der Waals surface area contributed by atoms with Gasteiger partial charge < -0.3 is 14.4 Å². The van der Waals surface area contributed by atoms with E-state index >= 15 is 0 Å². The van der Waals surface area contributed by atoms with Crippen molar-refractivity contribution in [1.29, 1.82) is 0 Å². The van der Waals surface area contributed by atoms with E-state index in [-0.39, 0.29) is 6.04 Å². The standard InChI is InChI=1S/C18H19N3O3/c1-23-15-10-8-13(9-11-15)16-12-19-17(20-18(22)24-2)21(16)14-6-4-3-5-7-14/h3-11,16H,12H2,1-2H3,(H,19,20,22). The Morgan fingerprint density at radius 3 is 2.46 bits per heavy atom. The molecule has 0 radical (unpaired) electrons. The lowest BCUT2D eigenvalue weighted by atomic mass is 10.1. The van der Waals surface area contributed by atoms with Crippen LogP contribution in [0.15, 0.2) is 59.6 Å². The first-order valence-corrected chi connectivity index (χ1v) is 7.60. The van der Waals surface area contributed by atoms with Crippen LogP contribution in [0, 0.1) is 0 Å². The van der Waals surface area contributed by atoms with Gasteiger partial charge in [-0.15, -0.1) is 0 Å². The van der Waals surface area contributed by atoms with Gasteiger partial charge in [-0.25, -0.2) is 9.79 Å². The van der Waals surface area contributed by atoms with Gasteiger partial charge in [0, 0.05) is 5.69 Å². The van der Waals surface area contributed by atoms with Crippen molar-refractivity contribution in [2.75, 3.05) is 25.7 Å². The second-order valence-corrected chi connectivity index (χ2v) is 5.28. The summed E-state index contributed by atoms with van der Waals surface area (Å²) in [6, 6.07) is 17.7. The molecule has 124 valence electrons. The molecule has 2 aromatic rings. The second-order valence-electron chi connectivity index (χ2n) is 5.28. The molecular formula is C18H19N3O3. The van der Waals surface area contributed by atoms with Crippen molar-refractivity contribution in [2.45, 2.75) is 6.04 Å². The smallest absolute Gasteiger partial charge is 0.413 e. The van der Waals surface area contributed by atoms with E-state index in [0.717, 1.165) is 17.0 Å². The third-order valence-corrected chi connectivity index (χ3v) is 3.89. The second kappa shape index (κ2) is 7.04. The van der Waals surface area contributed by atoms with Crippen molar-refractivity contribution < 1.29 is 14.3 Å². The maximum absolute atomic E-state index is 11.6. The molecule has 0 aliphatic carbocycles. The number of benzene rings is 2. The molecular weight excluding hydrogens is 306 g/mol. The van der Waals surface area contributed by atoms with Gasteiger partial charge in [0.05, 0.1) is 26.8 Å². The quantitative estimate of drug-likeness (QED) is 0.942. The van der Waals surface area contributed by atoms with E-state index in [1.807, 2.05) is 59.5 Å². The number of para-hydroxylation sites is 1. The molecule has 1 amide bonds. The Kier molecular flexibility index (Phi) is 4.65. The number of alkyl carbamates (subject to hydrolysis) is 1. The molecule has 0 bridgehead atoms. The number of nitrogens with one attached hydrogen (secondary N) is 1. The fourth-order valence-corrected chi connectivity index (χ4v) is 2.69. The van der Waals surface area contributed by atoms with E-state index in [4.69, 9.17) is 9.47 Å². The van der Waals surface area contributed by atoms with E-state index in [9.17, 15) is 4.79 Å². The molecule has 1 atom stereocenters. The van der Waals surface area contributed by atoms with Crippen molar-refractivity contribution in [1.82, 2.24) is 5.32 Å². The van der Waals surface area contributed by atoms with Crippen LogP contribution < -0.4 is 15.0 Å². The van der Waals surface area contributed by atoms with Crippen molar-refractivity contribution in [3.8, 4) is 5.75 Å². The molecule has 1 N–H and O–H groups in total. The van der Waals surface area contributed by atoms with Crippen LogP contribution in [0.5, 0.6) is 5.75 Å². The molecule has 0 spiro atoms. The highest BCUT2D eigenvalue weighted by Crippen LogP contribution is 2.32. The van der Waals surface area contributed by atoms with E-state index in [0.29, 0.717) is 12.5 Å². The number of nitrogens with zero attached hydrogens (tertiary/aromatic N) is 2. The lowest BCUT2D eigenvalue weighted by Crippen LogP contribution is -2.42. The average Bonchev–Trinajstić information content (AvgIpc) is 3.05. The molecule has 6 heteroatoms. The first-order valence-electron chi connectivity index (χ1n) is 7.60. The molecule has 1 aliphatic rings. The first-order chi connectivity index (χ1) is 11.7. The normalized spacial score (nSPS) is 16.5. The van der Waals surface area contributed by atoms with E-state index in [1.54, 1.807) is 7.11 Å². The van der Waals surface area contributed by atoms with Crippen LogP contribution in [-0.4, -0.2) is 32.8 Å². The number of hydrogen-bond donors (Lipinski definition) is 1. The van der Waals surface area contributed by atoms with Crippen LogP contribution in [0.4, 0.5) is 10.5 Å². The van der Waals surface area contributed by atoms with E-state index in [2.05, 4.69) is 10.3 Å². The van der Waals surface area contributed by atoms with Gasteiger partial charge in [0.25, 0.3) is 0 Å². The monoisotopic (exact) mass is 325 g/mol. The van der Waals surface area contributed by atoms with Crippen molar-refractivity contribution in [3.05, 3.63) is 60.2 Å². The number of amides is 1. The highest BCUT2D eigenvalue weighted by Gasteiger charge is 2.31. The Hall–Kier alpha value is -3.02. The number of carbonyl (C=O) groups excluding carboxylic acids is 1. The Balaban J connectivity index is 1.92. The summed E-state index contributed by atoms with van der Waals surface area (Å²) < 4.78 is 9.91. The summed E-state index contributed by atoms with van der Waals surface area (Å²) >= 11 is 0. The maximum atomic E-state index is 11.6. The number of rotatable bonds is 3. The van der Waals surface area contributed by atoms with Gasteiger partial charge >= 0.3 is 6.09 Å². The Morgan fingerprint density at radius 1 is 1.12 bits per heavy atom. The van der Waals surface area contributed by atoms with E-state index < -0.39 is 6.09 Å². The third kappa shape index (κ3) is 3.17. The topological polar surface area (TPSA) is 63.2 Å². The minimum Gasteiger partial charge on any atom is -0.497 e. The summed E-state index contributed by atoms with van der Waals surface area (Å²) in [5.74, 6) is 1.28. The largest absolute Gasteiger partial charge is 0.497 e. The number of ether oxygens (including phenoxy) is 2. The fourth-order valence-electron chi connectivity index (χ4n) is 2.69. The van der Waals surface area contributed by atoms with Crippen molar-refractivity contribution >= 4 is 17.7 Å². The van der Waals surface area contributed by atoms with Gasteiger partial charge in [-0.1, -0.05) is 30.3 Å². The Bertz CT molecular complexity index is 729. The molecule has 24 heavy (non-hydrogen) atoms. The molecule has 6 nitrogen and oxygen atoms in total. The molecule has 0 saturated carbocycles. The average molecular weight is 325 g/mol. The predicted molar refractivity (Wildman–Crippen MR) is 92.5 cm³/mol. The van der Waals surface area contributed by atoms with Gasteiger partial charge in [-0.3, -0.25) is 5.32 Å². The first kappa shape index (κ1) is 15.9. The molecule has 0 saturated heterocycles. The lowest BCUT2D eigenvalue weighted by Gasteiger charge is -2.28. The van der Waals surface area contributed by atoms with Crippen molar-refractivity contribution in [2.24, 2.45) is 4.99 Å². The summed E-state index contributed by atoms with van der Waals surface area (Å²) in [7, 11) is 2.97. The summed E-state index contributed by atoms with van der Waals surface area (Å²) in [6.45, 7) is 0.542. The SMILES string of the molecule is COC(=O)NC1=NCC(c2ccc(OC)cc2)N1c1ccccc1. The number of methoxy groups -OCH3 is 2.